The molecule has 0 aliphatic carbocycles. The molecule has 4 rings (SSSR count). The summed E-state index contributed by atoms with van der Waals surface area (Å²) in [6.45, 7) is 3.84. The van der Waals surface area contributed by atoms with Crippen LogP contribution in [0.5, 0.6) is 0 Å². The molecule has 4 aromatic rings. The number of carboxylic acid groups (broad SMARTS) is 1. The second kappa shape index (κ2) is 11.2. The van der Waals surface area contributed by atoms with Crippen molar-refractivity contribution in [3.8, 4) is 5.69 Å². The Bertz CT molecular complexity index is 1320. The first-order valence-electron chi connectivity index (χ1n) is 10.9. The summed E-state index contributed by atoms with van der Waals surface area (Å²) >= 11 is 2.97. The van der Waals surface area contributed by atoms with Crippen LogP contribution in [0.2, 0.25) is 0 Å². The lowest BCUT2D eigenvalue weighted by atomic mass is 10.2. The molecule has 1 atom stereocenters. The molecule has 0 aliphatic heterocycles. The molecule has 0 saturated heterocycles. The molecule has 0 spiro atoms. The van der Waals surface area contributed by atoms with Crippen molar-refractivity contribution in [1.29, 1.82) is 0 Å². The molecule has 0 radical (unpaired) electrons. The van der Waals surface area contributed by atoms with Crippen molar-refractivity contribution in [2.75, 3.05) is 5.32 Å². The molecular weight excluding hydrogens is 480 g/mol. The summed E-state index contributed by atoms with van der Waals surface area (Å²) in [5.41, 5.74) is 2.67. The van der Waals surface area contributed by atoms with E-state index in [9.17, 15) is 14.7 Å². The van der Waals surface area contributed by atoms with Gasteiger partial charge in [-0.2, -0.15) is 0 Å². The fraction of sp³-hybridized carbons (Fsp3) is 0.154. The SMILES string of the molecule is Cc1ccc(SCc2nnc(SC(C)C(=O)Nc3cccc(C(=O)O)c3)n2-c2ccccc2)cc1. The maximum atomic E-state index is 12.8. The summed E-state index contributed by atoms with van der Waals surface area (Å²) in [6.07, 6.45) is 0. The van der Waals surface area contributed by atoms with Crippen LogP contribution in [0.4, 0.5) is 5.69 Å². The lowest BCUT2D eigenvalue weighted by molar-refractivity contribution is -0.115. The van der Waals surface area contributed by atoms with Crippen LogP contribution in [0.1, 0.15) is 28.7 Å². The molecule has 0 aliphatic rings. The zero-order chi connectivity index (χ0) is 24.8. The van der Waals surface area contributed by atoms with Gasteiger partial charge in [-0.25, -0.2) is 4.79 Å². The Balaban J connectivity index is 1.52. The van der Waals surface area contributed by atoms with Gasteiger partial charge in [0.25, 0.3) is 0 Å². The Labute approximate surface area is 212 Å². The van der Waals surface area contributed by atoms with Gasteiger partial charge in [0.2, 0.25) is 5.91 Å². The first-order chi connectivity index (χ1) is 16.9. The van der Waals surface area contributed by atoms with Gasteiger partial charge >= 0.3 is 5.97 Å². The number of anilines is 1. The monoisotopic (exact) mass is 504 g/mol. The van der Waals surface area contributed by atoms with Crippen LogP contribution in [0.25, 0.3) is 5.69 Å². The van der Waals surface area contributed by atoms with E-state index in [4.69, 9.17) is 0 Å². The molecule has 0 saturated carbocycles. The van der Waals surface area contributed by atoms with Gasteiger partial charge in [-0.1, -0.05) is 53.7 Å². The summed E-state index contributed by atoms with van der Waals surface area (Å²) in [7, 11) is 0. The number of nitrogens with zero attached hydrogens (tertiary/aromatic N) is 3. The molecular formula is C26H24N4O3S2. The van der Waals surface area contributed by atoms with E-state index in [1.807, 2.05) is 34.9 Å². The molecule has 0 bridgehead atoms. The van der Waals surface area contributed by atoms with Crippen LogP contribution >= 0.6 is 23.5 Å². The first kappa shape index (κ1) is 24.6. The van der Waals surface area contributed by atoms with Crippen molar-refractivity contribution in [2.45, 2.75) is 34.9 Å². The zero-order valence-corrected chi connectivity index (χ0v) is 20.8. The number of benzene rings is 3. The van der Waals surface area contributed by atoms with Crippen LogP contribution in [0, 0.1) is 6.92 Å². The third-order valence-electron chi connectivity index (χ3n) is 5.13. The molecule has 178 valence electrons. The number of hydrogen-bond acceptors (Lipinski definition) is 6. The first-order valence-corrected chi connectivity index (χ1v) is 12.8. The number of carbonyl (C=O) groups is 2. The summed E-state index contributed by atoms with van der Waals surface area (Å²) in [6, 6.07) is 24.3. The highest BCUT2D eigenvalue weighted by Gasteiger charge is 2.21. The number of nitrogens with one attached hydrogen (secondary N) is 1. The van der Waals surface area contributed by atoms with Crippen molar-refractivity contribution in [2.24, 2.45) is 0 Å². The van der Waals surface area contributed by atoms with E-state index in [1.54, 1.807) is 30.8 Å². The molecule has 35 heavy (non-hydrogen) atoms. The predicted octanol–water partition coefficient (Wildman–Crippen LogP) is 5.69. The van der Waals surface area contributed by atoms with E-state index < -0.39 is 11.2 Å². The predicted molar refractivity (Wildman–Crippen MR) is 139 cm³/mol. The topological polar surface area (TPSA) is 97.1 Å². The number of rotatable bonds is 9. The minimum Gasteiger partial charge on any atom is -0.478 e. The van der Waals surface area contributed by atoms with Crippen molar-refractivity contribution < 1.29 is 14.7 Å². The normalized spacial score (nSPS) is 11.7. The maximum absolute atomic E-state index is 12.8. The van der Waals surface area contributed by atoms with Crippen LogP contribution in [-0.2, 0) is 10.5 Å². The van der Waals surface area contributed by atoms with E-state index in [0.29, 0.717) is 16.6 Å². The number of carbonyl (C=O) groups excluding carboxylic acids is 1. The van der Waals surface area contributed by atoms with Gasteiger partial charge in [-0.05, 0) is 56.3 Å². The molecule has 1 aromatic heterocycles. The van der Waals surface area contributed by atoms with Crippen LogP contribution in [-0.4, -0.2) is 37.0 Å². The fourth-order valence-electron chi connectivity index (χ4n) is 3.27. The highest BCUT2D eigenvalue weighted by atomic mass is 32.2. The fourth-order valence-corrected chi connectivity index (χ4v) is 4.97. The van der Waals surface area contributed by atoms with Crippen molar-refractivity contribution in [3.63, 3.8) is 0 Å². The molecule has 0 fully saturated rings. The van der Waals surface area contributed by atoms with Crippen LogP contribution in [0.3, 0.4) is 0 Å². The zero-order valence-electron chi connectivity index (χ0n) is 19.2. The van der Waals surface area contributed by atoms with Crippen molar-refractivity contribution in [3.05, 3.63) is 95.8 Å². The number of para-hydroxylation sites is 1. The summed E-state index contributed by atoms with van der Waals surface area (Å²) in [4.78, 5) is 25.2. The summed E-state index contributed by atoms with van der Waals surface area (Å²) < 4.78 is 1.97. The Morgan fingerprint density at radius 1 is 1.00 bits per heavy atom. The van der Waals surface area contributed by atoms with Crippen LogP contribution < -0.4 is 5.32 Å². The average Bonchev–Trinajstić information content (AvgIpc) is 3.26. The summed E-state index contributed by atoms with van der Waals surface area (Å²) in [5, 5.41) is 20.9. The number of aromatic nitrogens is 3. The van der Waals surface area contributed by atoms with Gasteiger partial charge in [-0.15, -0.1) is 22.0 Å². The highest BCUT2D eigenvalue weighted by molar-refractivity contribution is 8.00. The van der Waals surface area contributed by atoms with E-state index in [1.165, 1.54) is 29.5 Å². The van der Waals surface area contributed by atoms with Gasteiger partial charge in [0, 0.05) is 16.3 Å². The lowest BCUT2D eigenvalue weighted by Crippen LogP contribution is -2.23. The van der Waals surface area contributed by atoms with Gasteiger partial charge in [0.05, 0.1) is 16.6 Å². The molecule has 2 N–H and O–H groups in total. The van der Waals surface area contributed by atoms with Gasteiger partial charge in [-0.3, -0.25) is 9.36 Å². The molecule has 3 aromatic carbocycles. The Morgan fingerprint density at radius 3 is 2.46 bits per heavy atom. The van der Waals surface area contributed by atoms with Gasteiger partial charge in [0.1, 0.15) is 5.82 Å². The standard InChI is InChI=1S/C26H24N4O3S2/c1-17-11-13-22(14-12-17)34-16-23-28-29-26(30(23)21-9-4-3-5-10-21)35-18(2)24(31)27-20-8-6-7-19(15-20)25(32)33/h3-15,18H,16H2,1-2H3,(H,27,31)(H,32,33). The Morgan fingerprint density at radius 2 is 1.74 bits per heavy atom. The van der Waals surface area contributed by atoms with E-state index >= 15 is 0 Å². The number of amides is 1. The number of thioether (sulfide) groups is 2. The molecule has 1 heterocycles. The Hall–Kier alpha value is -3.56. The van der Waals surface area contributed by atoms with Gasteiger partial charge in [0.15, 0.2) is 5.16 Å². The lowest BCUT2D eigenvalue weighted by Gasteiger charge is -2.14. The maximum Gasteiger partial charge on any atom is 0.335 e. The smallest absolute Gasteiger partial charge is 0.335 e. The van der Waals surface area contributed by atoms with Crippen molar-refractivity contribution >= 4 is 41.1 Å². The third kappa shape index (κ3) is 6.32. The summed E-state index contributed by atoms with van der Waals surface area (Å²) in [5.74, 6) is 0.103. The van der Waals surface area contributed by atoms with Crippen LogP contribution in [0.15, 0.2) is 88.9 Å². The van der Waals surface area contributed by atoms with E-state index in [0.717, 1.165) is 16.4 Å². The van der Waals surface area contributed by atoms with Gasteiger partial charge < -0.3 is 10.4 Å². The van der Waals surface area contributed by atoms with E-state index in [-0.39, 0.29) is 11.5 Å². The molecule has 7 nitrogen and oxygen atoms in total. The van der Waals surface area contributed by atoms with Crippen molar-refractivity contribution in [1.82, 2.24) is 14.8 Å². The third-order valence-corrected chi connectivity index (χ3v) is 7.18. The highest BCUT2D eigenvalue weighted by Crippen LogP contribution is 2.30. The molecule has 1 amide bonds. The van der Waals surface area contributed by atoms with E-state index in [2.05, 4.69) is 46.7 Å². The molecule has 9 heteroatoms. The largest absolute Gasteiger partial charge is 0.478 e. The quantitative estimate of drug-likeness (QED) is 0.283. The Kier molecular flexibility index (Phi) is 7.89. The second-order valence-corrected chi connectivity index (χ2v) is 10.2. The molecule has 1 unspecified atom stereocenters. The minimum absolute atomic E-state index is 0.114. The minimum atomic E-state index is -1.05. The number of carboxylic acids is 1. The number of aromatic carboxylic acids is 1. The second-order valence-electron chi connectivity index (χ2n) is 7.81. The number of hydrogen-bond donors (Lipinski definition) is 2. The average molecular weight is 505 g/mol. The number of aryl methyl sites for hydroxylation is 1.